The second-order valence-corrected chi connectivity index (χ2v) is 3.45. The van der Waals surface area contributed by atoms with E-state index >= 15 is 0 Å². The summed E-state index contributed by atoms with van der Waals surface area (Å²) in [6, 6.07) is 0. The molecular weight excluding hydrogens is 230 g/mol. The molecule has 2 atom stereocenters. The molecule has 5 N–H and O–H groups in total. The molecule has 0 bridgehead atoms. The van der Waals surface area contributed by atoms with Gasteiger partial charge in [0.05, 0.1) is 6.20 Å². The van der Waals surface area contributed by atoms with Gasteiger partial charge in [0, 0.05) is 19.0 Å². The van der Waals surface area contributed by atoms with E-state index in [2.05, 4.69) is 15.5 Å². The molecule has 0 spiro atoms. The minimum absolute atomic E-state index is 0.0321. The maximum atomic E-state index is 10.7. The van der Waals surface area contributed by atoms with E-state index in [0.717, 1.165) is 6.20 Å². The Morgan fingerprint density at radius 1 is 1.53 bits per heavy atom. The maximum absolute atomic E-state index is 10.7. The third-order valence-corrected chi connectivity index (χ3v) is 2.13. The van der Waals surface area contributed by atoms with Gasteiger partial charge in [-0.15, -0.1) is 0 Å². The van der Waals surface area contributed by atoms with Gasteiger partial charge in [0.1, 0.15) is 17.9 Å². The van der Waals surface area contributed by atoms with E-state index in [9.17, 15) is 19.8 Å². The highest BCUT2D eigenvalue weighted by molar-refractivity contribution is 5.87. The van der Waals surface area contributed by atoms with Gasteiger partial charge in [0.15, 0.2) is 0 Å². The summed E-state index contributed by atoms with van der Waals surface area (Å²) < 4.78 is 0. The number of aromatic nitrogens is 2. The largest absolute Gasteiger partial charge is 0.477 e. The van der Waals surface area contributed by atoms with Gasteiger partial charge < -0.3 is 20.6 Å². The summed E-state index contributed by atoms with van der Waals surface area (Å²) in [7, 11) is 0. The molecule has 0 saturated carbocycles. The molecule has 0 aliphatic rings. The summed E-state index contributed by atoms with van der Waals surface area (Å²) in [5, 5.41) is 36.0. The molecule has 2 unspecified atom stereocenters. The highest BCUT2D eigenvalue weighted by Crippen LogP contribution is 2.19. The number of carboxylic acid groups (broad SMARTS) is 1. The van der Waals surface area contributed by atoms with Gasteiger partial charge in [0.25, 0.3) is 0 Å². The Hall–Kier alpha value is -1.93. The molecule has 8 heteroatoms. The second kappa shape index (κ2) is 5.41. The Labute approximate surface area is 96.3 Å². The van der Waals surface area contributed by atoms with Crippen molar-refractivity contribution in [3.8, 4) is 0 Å². The van der Waals surface area contributed by atoms with E-state index < -0.39 is 18.2 Å². The summed E-state index contributed by atoms with van der Waals surface area (Å²) in [6.45, 7) is 1.08. The van der Waals surface area contributed by atoms with Crippen LogP contribution in [0.2, 0.25) is 0 Å². The summed E-state index contributed by atoms with van der Waals surface area (Å²) in [4.78, 5) is 21.4. The minimum Gasteiger partial charge on any atom is -0.477 e. The van der Waals surface area contributed by atoms with Crippen molar-refractivity contribution < 1.29 is 24.9 Å². The van der Waals surface area contributed by atoms with Crippen molar-refractivity contribution in [2.24, 2.45) is 0 Å². The predicted molar refractivity (Wildman–Crippen MR) is 55.2 cm³/mol. The van der Waals surface area contributed by atoms with Crippen molar-refractivity contribution in [2.45, 2.75) is 19.1 Å². The van der Waals surface area contributed by atoms with Gasteiger partial charge in [-0.1, -0.05) is 0 Å². The third-order valence-electron chi connectivity index (χ3n) is 2.13. The standard InChI is InChI=1S/C9H13N3O5/c1-4(13)10-3-6(14)8(15)5-2-11-12-7(5)9(16)17/h2,6,8,14-15H,3H2,1H3,(H,10,13)(H,11,12)(H,16,17). The monoisotopic (exact) mass is 243 g/mol. The fourth-order valence-corrected chi connectivity index (χ4v) is 1.26. The number of H-pyrrole nitrogens is 1. The van der Waals surface area contributed by atoms with Crippen molar-refractivity contribution in [3.63, 3.8) is 0 Å². The smallest absolute Gasteiger partial charge is 0.354 e. The molecule has 1 aromatic rings. The lowest BCUT2D eigenvalue weighted by atomic mass is 10.1. The van der Waals surface area contributed by atoms with Gasteiger partial charge in [0.2, 0.25) is 5.91 Å². The minimum atomic E-state index is -1.44. The zero-order valence-corrected chi connectivity index (χ0v) is 9.04. The summed E-state index contributed by atoms with van der Waals surface area (Å²) in [6.07, 6.45) is -1.63. The summed E-state index contributed by atoms with van der Waals surface area (Å²) in [5.41, 5.74) is -0.324. The first-order valence-corrected chi connectivity index (χ1v) is 4.80. The van der Waals surface area contributed by atoms with Crippen LogP contribution in [0, 0.1) is 0 Å². The molecule has 8 nitrogen and oxygen atoms in total. The fraction of sp³-hybridized carbons (Fsp3) is 0.444. The molecule has 1 aromatic heterocycles. The number of aromatic carboxylic acids is 1. The number of nitrogens with one attached hydrogen (secondary N) is 2. The van der Waals surface area contributed by atoms with Gasteiger partial charge in [-0.05, 0) is 0 Å². The molecule has 1 rings (SSSR count). The Bertz CT molecular complexity index is 417. The summed E-state index contributed by atoms with van der Waals surface area (Å²) >= 11 is 0. The fourth-order valence-electron chi connectivity index (χ4n) is 1.26. The molecule has 0 fully saturated rings. The van der Waals surface area contributed by atoms with Crippen molar-refractivity contribution in [2.75, 3.05) is 6.54 Å². The SMILES string of the molecule is CC(=O)NCC(O)C(O)c1cn[nH]c1C(=O)O. The van der Waals surface area contributed by atoms with Gasteiger partial charge in [-0.25, -0.2) is 4.79 Å². The van der Waals surface area contributed by atoms with E-state index in [-0.39, 0.29) is 23.7 Å². The molecule has 94 valence electrons. The number of aliphatic hydroxyl groups is 2. The normalized spacial score (nSPS) is 14.1. The molecule has 0 radical (unpaired) electrons. The first-order chi connectivity index (χ1) is 7.93. The number of hydrogen-bond acceptors (Lipinski definition) is 5. The highest BCUT2D eigenvalue weighted by atomic mass is 16.4. The molecule has 0 aliphatic heterocycles. The quantitative estimate of drug-likeness (QED) is 0.433. The second-order valence-electron chi connectivity index (χ2n) is 3.45. The number of aromatic amines is 1. The average Bonchev–Trinajstić information content (AvgIpc) is 2.73. The highest BCUT2D eigenvalue weighted by Gasteiger charge is 2.25. The van der Waals surface area contributed by atoms with Crippen LogP contribution in [-0.4, -0.2) is 50.0 Å². The van der Waals surface area contributed by atoms with E-state index in [1.165, 1.54) is 6.92 Å². The van der Waals surface area contributed by atoms with Gasteiger partial charge >= 0.3 is 5.97 Å². The predicted octanol–water partition coefficient (Wildman–Crippen LogP) is -1.36. The number of carbonyl (C=O) groups excluding carboxylic acids is 1. The number of nitrogens with zero attached hydrogens (tertiary/aromatic N) is 1. The van der Waals surface area contributed by atoms with Crippen molar-refractivity contribution >= 4 is 11.9 Å². The van der Waals surface area contributed by atoms with Crippen LogP contribution in [0.25, 0.3) is 0 Å². The Morgan fingerprint density at radius 3 is 2.71 bits per heavy atom. The molecular formula is C9H13N3O5. The Kier molecular flexibility index (Phi) is 4.18. The first kappa shape index (κ1) is 13.1. The average molecular weight is 243 g/mol. The number of hydrogen-bond donors (Lipinski definition) is 5. The van der Waals surface area contributed by atoms with Gasteiger partial charge in [-0.2, -0.15) is 5.10 Å². The molecule has 0 aromatic carbocycles. The first-order valence-electron chi connectivity index (χ1n) is 4.80. The zero-order valence-electron chi connectivity index (χ0n) is 9.04. The van der Waals surface area contributed by atoms with Crippen molar-refractivity contribution in [1.82, 2.24) is 15.5 Å². The molecule has 0 saturated heterocycles. The van der Waals surface area contributed by atoms with Crippen molar-refractivity contribution in [3.05, 3.63) is 17.5 Å². The van der Waals surface area contributed by atoms with Crippen LogP contribution in [0.5, 0.6) is 0 Å². The third kappa shape index (κ3) is 3.26. The number of amides is 1. The lowest BCUT2D eigenvalue weighted by Crippen LogP contribution is -2.34. The number of rotatable bonds is 5. The molecule has 0 aliphatic carbocycles. The number of carbonyl (C=O) groups is 2. The molecule has 17 heavy (non-hydrogen) atoms. The molecule has 1 heterocycles. The number of aliphatic hydroxyl groups excluding tert-OH is 2. The van der Waals surface area contributed by atoms with Crippen LogP contribution in [0.15, 0.2) is 6.20 Å². The topological polar surface area (TPSA) is 136 Å². The van der Waals surface area contributed by atoms with Crippen LogP contribution in [0.4, 0.5) is 0 Å². The van der Waals surface area contributed by atoms with Crippen LogP contribution in [0.1, 0.15) is 29.1 Å². The van der Waals surface area contributed by atoms with Crippen LogP contribution >= 0.6 is 0 Å². The summed E-state index contributed by atoms with van der Waals surface area (Å²) in [5.74, 6) is -1.65. The zero-order chi connectivity index (χ0) is 13.0. The lowest BCUT2D eigenvalue weighted by molar-refractivity contribution is -0.119. The maximum Gasteiger partial charge on any atom is 0.354 e. The van der Waals surface area contributed by atoms with E-state index in [1.807, 2.05) is 0 Å². The van der Waals surface area contributed by atoms with E-state index in [1.54, 1.807) is 0 Å². The van der Waals surface area contributed by atoms with E-state index in [4.69, 9.17) is 5.11 Å². The van der Waals surface area contributed by atoms with E-state index in [0.29, 0.717) is 0 Å². The Balaban J connectivity index is 2.74. The molecule has 1 amide bonds. The van der Waals surface area contributed by atoms with Gasteiger partial charge in [-0.3, -0.25) is 9.89 Å². The van der Waals surface area contributed by atoms with Crippen molar-refractivity contribution in [1.29, 1.82) is 0 Å². The van der Waals surface area contributed by atoms with Crippen LogP contribution in [0.3, 0.4) is 0 Å². The number of carboxylic acids is 1. The lowest BCUT2D eigenvalue weighted by Gasteiger charge is -2.17. The van der Waals surface area contributed by atoms with Crippen LogP contribution < -0.4 is 5.32 Å². The van der Waals surface area contributed by atoms with Crippen LogP contribution in [-0.2, 0) is 4.79 Å². The Morgan fingerprint density at radius 2 is 2.18 bits per heavy atom.